The molecule has 1 aliphatic carbocycles. The van der Waals surface area contributed by atoms with E-state index < -0.39 is 0 Å². The van der Waals surface area contributed by atoms with Crippen LogP contribution in [0.25, 0.3) is 33.6 Å². The summed E-state index contributed by atoms with van der Waals surface area (Å²) in [6.07, 6.45) is 15.3. The van der Waals surface area contributed by atoms with Gasteiger partial charge in [-0.1, -0.05) is 24.6 Å². The van der Waals surface area contributed by atoms with Gasteiger partial charge in [0.25, 0.3) is 0 Å². The number of aromatic nitrogens is 6. The summed E-state index contributed by atoms with van der Waals surface area (Å²) in [5.41, 5.74) is 6.32. The lowest BCUT2D eigenvalue weighted by Gasteiger charge is -2.35. The second-order valence-corrected chi connectivity index (χ2v) is 9.97. The van der Waals surface area contributed by atoms with Crippen molar-refractivity contribution >= 4 is 5.91 Å². The second kappa shape index (κ2) is 10.4. The number of benzene rings is 1. The normalized spacial score (nSPS) is 17.1. The maximum Gasteiger partial charge on any atom is 0.216 e. The molecule has 36 heavy (non-hydrogen) atoms. The van der Waals surface area contributed by atoms with E-state index in [1.54, 1.807) is 6.92 Å². The first-order chi connectivity index (χ1) is 17.4. The number of nitrogens with zero attached hydrogens (tertiary/aromatic N) is 6. The molecule has 8 heteroatoms. The highest BCUT2D eigenvalue weighted by molar-refractivity contribution is 5.73. The van der Waals surface area contributed by atoms with E-state index in [2.05, 4.69) is 33.7 Å². The smallest absolute Gasteiger partial charge is 0.216 e. The van der Waals surface area contributed by atoms with Gasteiger partial charge in [0.2, 0.25) is 5.91 Å². The average molecular weight is 484 g/mol. The molecule has 4 aromatic rings. The minimum absolute atomic E-state index is 0.0620. The van der Waals surface area contributed by atoms with Gasteiger partial charge in [-0.05, 0) is 49.1 Å². The molecule has 0 atom stereocenters. The van der Waals surface area contributed by atoms with Crippen LogP contribution in [0.15, 0.2) is 55.2 Å². The second-order valence-electron chi connectivity index (χ2n) is 9.97. The highest BCUT2D eigenvalue weighted by Gasteiger charge is 2.28. The van der Waals surface area contributed by atoms with Crippen molar-refractivity contribution in [3.8, 4) is 33.6 Å². The molecule has 8 nitrogen and oxygen atoms in total. The van der Waals surface area contributed by atoms with Crippen LogP contribution >= 0.6 is 0 Å². The van der Waals surface area contributed by atoms with Crippen LogP contribution in [0, 0.1) is 11.8 Å². The summed E-state index contributed by atoms with van der Waals surface area (Å²) < 4.78 is 3.62. The van der Waals surface area contributed by atoms with Crippen molar-refractivity contribution in [1.82, 2.24) is 34.8 Å². The fraction of sp³-hybridized carbons (Fsp3) is 0.393. The van der Waals surface area contributed by atoms with Crippen LogP contribution in [0.5, 0.6) is 0 Å². The highest BCUT2D eigenvalue weighted by atomic mass is 16.1. The molecule has 5 rings (SSSR count). The van der Waals surface area contributed by atoms with Crippen LogP contribution < -0.4 is 5.32 Å². The summed E-state index contributed by atoms with van der Waals surface area (Å²) in [6.45, 7) is 2.39. The van der Waals surface area contributed by atoms with Gasteiger partial charge in [-0.2, -0.15) is 10.2 Å². The molecule has 0 radical (unpaired) electrons. The molecule has 1 N–H and O–H groups in total. The Balaban J connectivity index is 1.32. The SMILES string of the molecule is CC(=O)NCC1CC(CCCc2nc(-c3cccc(-c4cnn(C)c4)c3)ncc2-c2cnn(C)c2)C1. The lowest BCUT2D eigenvalue weighted by atomic mass is 9.72. The lowest BCUT2D eigenvalue weighted by molar-refractivity contribution is -0.119. The van der Waals surface area contributed by atoms with E-state index in [9.17, 15) is 4.79 Å². The Bertz CT molecular complexity index is 1350. The van der Waals surface area contributed by atoms with Gasteiger partial charge in [0.1, 0.15) is 0 Å². The maximum absolute atomic E-state index is 11.1. The van der Waals surface area contributed by atoms with Crippen LogP contribution in [0.3, 0.4) is 0 Å². The van der Waals surface area contributed by atoms with Crippen molar-refractivity contribution in [2.75, 3.05) is 6.54 Å². The molecule has 1 aliphatic rings. The number of rotatable bonds is 9. The molecule has 1 fully saturated rings. The molecule has 186 valence electrons. The number of amides is 1. The molecule has 0 bridgehead atoms. The number of aryl methyl sites for hydroxylation is 3. The Labute approximate surface area is 211 Å². The molecule has 1 aromatic carbocycles. The van der Waals surface area contributed by atoms with Gasteiger partial charge in [0, 0.05) is 68.4 Å². The molecule has 1 saturated carbocycles. The number of carbonyl (C=O) groups is 1. The zero-order valence-electron chi connectivity index (χ0n) is 21.2. The first-order valence-corrected chi connectivity index (χ1v) is 12.6. The number of hydrogen-bond acceptors (Lipinski definition) is 5. The third-order valence-electron chi connectivity index (χ3n) is 7.04. The highest BCUT2D eigenvalue weighted by Crippen LogP contribution is 2.37. The fourth-order valence-corrected chi connectivity index (χ4v) is 5.08. The Morgan fingerprint density at radius 2 is 1.69 bits per heavy atom. The predicted octanol–water partition coefficient (Wildman–Crippen LogP) is 4.43. The third-order valence-corrected chi connectivity index (χ3v) is 7.04. The Morgan fingerprint density at radius 1 is 0.972 bits per heavy atom. The van der Waals surface area contributed by atoms with Gasteiger partial charge in [-0.15, -0.1) is 0 Å². The monoisotopic (exact) mass is 483 g/mol. The van der Waals surface area contributed by atoms with E-state index in [4.69, 9.17) is 9.97 Å². The van der Waals surface area contributed by atoms with Crippen LogP contribution in [-0.4, -0.2) is 42.0 Å². The van der Waals surface area contributed by atoms with Crippen LogP contribution in [-0.2, 0) is 25.3 Å². The van der Waals surface area contributed by atoms with E-state index >= 15 is 0 Å². The van der Waals surface area contributed by atoms with Gasteiger partial charge >= 0.3 is 0 Å². The summed E-state index contributed by atoms with van der Waals surface area (Å²) in [5, 5.41) is 11.6. The lowest BCUT2D eigenvalue weighted by Crippen LogP contribution is -2.35. The molecule has 0 aliphatic heterocycles. The summed E-state index contributed by atoms with van der Waals surface area (Å²) >= 11 is 0. The van der Waals surface area contributed by atoms with Gasteiger partial charge < -0.3 is 5.32 Å². The minimum Gasteiger partial charge on any atom is -0.356 e. The van der Waals surface area contributed by atoms with Crippen molar-refractivity contribution in [3.05, 3.63) is 60.9 Å². The first kappa shape index (κ1) is 23.9. The van der Waals surface area contributed by atoms with E-state index in [0.29, 0.717) is 5.92 Å². The number of carbonyl (C=O) groups excluding carboxylic acids is 1. The zero-order valence-corrected chi connectivity index (χ0v) is 21.2. The summed E-state index contributed by atoms with van der Waals surface area (Å²) in [4.78, 5) is 20.9. The van der Waals surface area contributed by atoms with Crippen molar-refractivity contribution in [2.24, 2.45) is 25.9 Å². The third kappa shape index (κ3) is 5.53. The largest absolute Gasteiger partial charge is 0.356 e. The van der Waals surface area contributed by atoms with Crippen molar-refractivity contribution in [1.29, 1.82) is 0 Å². The van der Waals surface area contributed by atoms with Gasteiger partial charge in [-0.25, -0.2) is 9.97 Å². The van der Waals surface area contributed by atoms with Gasteiger partial charge in [0.15, 0.2) is 5.82 Å². The molecule has 1 amide bonds. The first-order valence-electron chi connectivity index (χ1n) is 12.6. The average Bonchev–Trinajstić information content (AvgIpc) is 3.48. The predicted molar refractivity (Wildman–Crippen MR) is 140 cm³/mol. The molecule has 0 spiro atoms. The molecule has 0 unspecified atom stereocenters. The van der Waals surface area contributed by atoms with E-state index in [1.807, 2.05) is 60.5 Å². The topological polar surface area (TPSA) is 90.5 Å². The van der Waals surface area contributed by atoms with Crippen molar-refractivity contribution in [2.45, 2.75) is 39.0 Å². The number of nitrogens with one attached hydrogen (secondary N) is 1. The standard InChI is InChI=1S/C28H33N7O/c1-19(36)29-13-21-10-20(11-21)6-4-9-27-26(25-15-32-35(3)18-25)16-30-28(33-27)23-8-5-7-22(12-23)24-14-31-34(2)17-24/h5,7-8,12,14-18,20-21H,4,6,9-11,13H2,1-3H3,(H,29,36). The number of hydrogen-bond donors (Lipinski definition) is 1. The molecular weight excluding hydrogens is 450 g/mol. The zero-order chi connectivity index (χ0) is 25.1. The van der Waals surface area contributed by atoms with Crippen LogP contribution in [0.2, 0.25) is 0 Å². The minimum atomic E-state index is 0.0620. The van der Waals surface area contributed by atoms with E-state index in [-0.39, 0.29) is 5.91 Å². The summed E-state index contributed by atoms with van der Waals surface area (Å²) in [6, 6.07) is 8.32. The van der Waals surface area contributed by atoms with E-state index in [0.717, 1.165) is 64.6 Å². The van der Waals surface area contributed by atoms with Crippen molar-refractivity contribution < 1.29 is 4.79 Å². The fourth-order valence-electron chi connectivity index (χ4n) is 5.08. The Kier molecular flexibility index (Phi) is 6.93. The van der Waals surface area contributed by atoms with Crippen LogP contribution in [0.1, 0.15) is 38.3 Å². The van der Waals surface area contributed by atoms with Gasteiger partial charge in [0.05, 0.1) is 18.1 Å². The summed E-state index contributed by atoms with van der Waals surface area (Å²) in [5.74, 6) is 2.17. The molecule has 3 heterocycles. The van der Waals surface area contributed by atoms with Crippen LogP contribution in [0.4, 0.5) is 0 Å². The van der Waals surface area contributed by atoms with Gasteiger partial charge in [-0.3, -0.25) is 14.2 Å². The molecule has 0 saturated heterocycles. The molecular formula is C28H33N7O. The Morgan fingerprint density at radius 3 is 2.39 bits per heavy atom. The summed E-state index contributed by atoms with van der Waals surface area (Å²) in [7, 11) is 3.85. The van der Waals surface area contributed by atoms with Crippen molar-refractivity contribution in [3.63, 3.8) is 0 Å². The van der Waals surface area contributed by atoms with E-state index in [1.165, 1.54) is 19.3 Å². The quantitative estimate of drug-likeness (QED) is 0.380. The maximum atomic E-state index is 11.1. The molecule has 3 aromatic heterocycles. The Hall–Kier alpha value is -3.81.